The smallest absolute Gasteiger partial charge is 0.101 e. The molecule has 0 bridgehead atoms. The quantitative estimate of drug-likeness (QED) is 0.795. The van der Waals surface area contributed by atoms with Crippen molar-refractivity contribution in [3.63, 3.8) is 0 Å². The molecule has 3 heteroatoms. The van der Waals surface area contributed by atoms with Crippen molar-refractivity contribution in [2.24, 2.45) is 5.41 Å². The monoisotopic (exact) mass is 243 g/mol. The van der Waals surface area contributed by atoms with Gasteiger partial charge in [-0.15, -0.1) is 0 Å². The van der Waals surface area contributed by atoms with Crippen molar-refractivity contribution in [1.82, 2.24) is 0 Å². The van der Waals surface area contributed by atoms with Crippen molar-refractivity contribution in [2.75, 3.05) is 17.6 Å². The van der Waals surface area contributed by atoms with E-state index < -0.39 is 0 Å². The molecule has 0 atom stereocenters. The molecule has 3 N–H and O–H groups in total. The van der Waals surface area contributed by atoms with Crippen LogP contribution in [0.1, 0.15) is 44.6 Å². The molecule has 1 aliphatic rings. The van der Waals surface area contributed by atoms with Crippen LogP contribution in [0.3, 0.4) is 0 Å². The second-order valence-corrected chi connectivity index (χ2v) is 5.29. The molecule has 0 spiro atoms. The van der Waals surface area contributed by atoms with Crippen LogP contribution in [0, 0.1) is 16.7 Å². The van der Waals surface area contributed by atoms with E-state index in [2.05, 4.69) is 18.3 Å². The summed E-state index contributed by atoms with van der Waals surface area (Å²) < 4.78 is 0. The molecular formula is C15H21N3. The summed E-state index contributed by atoms with van der Waals surface area (Å²) in [5.74, 6) is 0. The zero-order chi connectivity index (χ0) is 13.0. The Morgan fingerprint density at radius 2 is 2.11 bits per heavy atom. The number of nitriles is 1. The van der Waals surface area contributed by atoms with E-state index >= 15 is 0 Å². The number of anilines is 2. The fourth-order valence-corrected chi connectivity index (χ4v) is 2.88. The summed E-state index contributed by atoms with van der Waals surface area (Å²) in [5, 5.41) is 12.4. The number of nitrogens with one attached hydrogen (secondary N) is 1. The zero-order valence-corrected chi connectivity index (χ0v) is 11.0. The maximum atomic E-state index is 8.96. The third-order valence-electron chi connectivity index (χ3n) is 4.29. The van der Waals surface area contributed by atoms with Gasteiger partial charge in [0.05, 0.1) is 16.9 Å². The summed E-state index contributed by atoms with van der Waals surface area (Å²) in [6.07, 6.45) is 6.48. The van der Waals surface area contributed by atoms with Crippen LogP contribution in [0.2, 0.25) is 0 Å². The first-order chi connectivity index (χ1) is 8.71. The largest absolute Gasteiger partial charge is 0.396 e. The maximum absolute atomic E-state index is 8.96. The minimum Gasteiger partial charge on any atom is -0.396 e. The topological polar surface area (TPSA) is 61.8 Å². The number of hydrogen-bond donors (Lipinski definition) is 2. The Bertz CT molecular complexity index is 453. The first-order valence-electron chi connectivity index (χ1n) is 6.73. The third kappa shape index (κ3) is 2.43. The van der Waals surface area contributed by atoms with E-state index in [-0.39, 0.29) is 0 Å². The normalized spacial score (nSPS) is 17.3. The van der Waals surface area contributed by atoms with Crippen molar-refractivity contribution in [3.05, 3.63) is 23.8 Å². The van der Waals surface area contributed by atoms with Gasteiger partial charge in [-0.25, -0.2) is 0 Å². The van der Waals surface area contributed by atoms with Crippen molar-refractivity contribution in [1.29, 1.82) is 5.26 Å². The molecule has 96 valence electrons. The zero-order valence-electron chi connectivity index (χ0n) is 11.0. The number of nitrogen functional groups attached to an aromatic ring is 1. The highest BCUT2D eigenvalue weighted by atomic mass is 14.9. The van der Waals surface area contributed by atoms with Gasteiger partial charge in [0, 0.05) is 6.54 Å². The molecule has 3 nitrogen and oxygen atoms in total. The summed E-state index contributed by atoms with van der Waals surface area (Å²) >= 11 is 0. The summed E-state index contributed by atoms with van der Waals surface area (Å²) in [5.41, 5.74) is 8.43. The molecule has 1 fully saturated rings. The number of hydrogen-bond acceptors (Lipinski definition) is 3. The lowest BCUT2D eigenvalue weighted by Gasteiger charge is -2.28. The number of rotatable bonds is 4. The van der Waals surface area contributed by atoms with Gasteiger partial charge in [-0.2, -0.15) is 5.26 Å². The fourth-order valence-electron chi connectivity index (χ4n) is 2.88. The second-order valence-electron chi connectivity index (χ2n) is 5.29. The molecule has 0 saturated heterocycles. The third-order valence-corrected chi connectivity index (χ3v) is 4.29. The molecule has 2 rings (SSSR count). The molecule has 1 aromatic carbocycles. The van der Waals surface area contributed by atoms with Gasteiger partial charge in [0.25, 0.3) is 0 Å². The van der Waals surface area contributed by atoms with Gasteiger partial charge in [0.15, 0.2) is 0 Å². The van der Waals surface area contributed by atoms with Gasteiger partial charge in [0.1, 0.15) is 6.07 Å². The molecular weight excluding hydrogens is 222 g/mol. The van der Waals surface area contributed by atoms with Crippen LogP contribution in [0.5, 0.6) is 0 Å². The Labute approximate surface area is 109 Å². The second kappa shape index (κ2) is 5.30. The summed E-state index contributed by atoms with van der Waals surface area (Å²) in [6.45, 7) is 3.23. The number of nitrogens with zero attached hydrogens (tertiary/aromatic N) is 1. The van der Waals surface area contributed by atoms with E-state index in [4.69, 9.17) is 11.0 Å². The Kier molecular flexibility index (Phi) is 3.76. The Balaban J connectivity index is 2.08. The molecule has 1 saturated carbocycles. The minimum absolute atomic E-state index is 0.426. The van der Waals surface area contributed by atoms with Crippen LogP contribution < -0.4 is 11.1 Å². The standard InChI is InChI=1S/C15H21N3/c1-2-15(8-3-4-9-15)11-18-13-7-5-6-12(10-16)14(13)17/h5-7,18H,2-4,8-9,11,17H2,1H3. The molecule has 0 unspecified atom stereocenters. The predicted octanol–water partition coefficient (Wildman–Crippen LogP) is 3.52. The van der Waals surface area contributed by atoms with Gasteiger partial charge >= 0.3 is 0 Å². The molecule has 0 aliphatic heterocycles. The van der Waals surface area contributed by atoms with Crippen LogP contribution in [-0.4, -0.2) is 6.54 Å². The number of nitrogens with two attached hydrogens (primary N) is 1. The van der Waals surface area contributed by atoms with E-state index in [1.165, 1.54) is 32.1 Å². The van der Waals surface area contributed by atoms with Crippen molar-refractivity contribution in [2.45, 2.75) is 39.0 Å². The summed E-state index contributed by atoms with van der Waals surface area (Å²) in [6, 6.07) is 7.71. The van der Waals surface area contributed by atoms with Crippen molar-refractivity contribution < 1.29 is 0 Å². The highest BCUT2D eigenvalue weighted by molar-refractivity contribution is 5.72. The summed E-state index contributed by atoms with van der Waals surface area (Å²) in [4.78, 5) is 0. The Hall–Kier alpha value is -1.69. The van der Waals surface area contributed by atoms with Gasteiger partial charge in [-0.05, 0) is 36.8 Å². The van der Waals surface area contributed by atoms with Gasteiger partial charge in [0.2, 0.25) is 0 Å². The molecule has 0 amide bonds. The van der Waals surface area contributed by atoms with Gasteiger partial charge in [-0.1, -0.05) is 25.8 Å². The lowest BCUT2D eigenvalue weighted by atomic mass is 9.83. The maximum Gasteiger partial charge on any atom is 0.101 e. The average molecular weight is 243 g/mol. The van der Waals surface area contributed by atoms with Gasteiger partial charge in [-0.3, -0.25) is 0 Å². The highest BCUT2D eigenvalue weighted by Gasteiger charge is 2.31. The minimum atomic E-state index is 0.426. The number of para-hydroxylation sites is 1. The van der Waals surface area contributed by atoms with E-state index in [9.17, 15) is 0 Å². The molecule has 0 radical (unpaired) electrons. The van der Waals surface area contributed by atoms with E-state index in [1.54, 1.807) is 6.07 Å². The lowest BCUT2D eigenvalue weighted by Crippen LogP contribution is -2.26. The predicted molar refractivity (Wildman–Crippen MR) is 75.3 cm³/mol. The first kappa shape index (κ1) is 12.8. The highest BCUT2D eigenvalue weighted by Crippen LogP contribution is 2.41. The van der Waals surface area contributed by atoms with Crippen molar-refractivity contribution in [3.8, 4) is 6.07 Å². The fraction of sp³-hybridized carbons (Fsp3) is 0.533. The molecule has 0 aromatic heterocycles. The Morgan fingerprint density at radius 3 is 2.72 bits per heavy atom. The molecule has 1 aliphatic carbocycles. The SMILES string of the molecule is CCC1(CNc2cccc(C#N)c2N)CCCC1. The number of benzene rings is 1. The molecule has 1 aromatic rings. The van der Waals surface area contributed by atoms with E-state index in [0.29, 0.717) is 16.7 Å². The average Bonchev–Trinajstić information content (AvgIpc) is 2.87. The van der Waals surface area contributed by atoms with E-state index in [1.807, 2.05) is 12.1 Å². The van der Waals surface area contributed by atoms with Crippen molar-refractivity contribution >= 4 is 11.4 Å². The molecule has 0 heterocycles. The van der Waals surface area contributed by atoms with Gasteiger partial charge < -0.3 is 11.1 Å². The lowest BCUT2D eigenvalue weighted by molar-refractivity contribution is 0.307. The molecule has 18 heavy (non-hydrogen) atoms. The Morgan fingerprint density at radius 1 is 1.39 bits per heavy atom. The summed E-state index contributed by atoms with van der Waals surface area (Å²) in [7, 11) is 0. The van der Waals surface area contributed by atoms with Crippen LogP contribution in [0.15, 0.2) is 18.2 Å². The van der Waals surface area contributed by atoms with Crippen LogP contribution >= 0.6 is 0 Å². The van der Waals surface area contributed by atoms with Crippen LogP contribution in [0.4, 0.5) is 11.4 Å². The first-order valence-corrected chi connectivity index (χ1v) is 6.73. The van der Waals surface area contributed by atoms with Crippen LogP contribution in [-0.2, 0) is 0 Å². The van der Waals surface area contributed by atoms with Crippen LogP contribution in [0.25, 0.3) is 0 Å². The van der Waals surface area contributed by atoms with E-state index in [0.717, 1.165) is 12.2 Å².